The number of anilines is 1. The lowest BCUT2D eigenvalue weighted by atomic mass is 10.2. The van der Waals surface area contributed by atoms with Gasteiger partial charge in [-0.25, -0.2) is 4.98 Å². The van der Waals surface area contributed by atoms with Crippen molar-refractivity contribution in [3.8, 4) is 0 Å². The SMILES string of the molecule is Cc1c(Cl)ccc2sc(N(CCCN3CCOCC3)C(=O)c3cc(Br)ccc3Cl)nc12.Cl. The molecule has 1 aromatic heterocycles. The van der Waals surface area contributed by atoms with Crippen molar-refractivity contribution in [2.24, 2.45) is 0 Å². The number of thiazole rings is 1. The first-order valence-electron chi connectivity index (χ1n) is 10.1. The van der Waals surface area contributed by atoms with Crippen LogP contribution < -0.4 is 4.90 Å². The number of morpholine rings is 1. The molecule has 0 saturated carbocycles. The number of hydrogen-bond acceptors (Lipinski definition) is 5. The van der Waals surface area contributed by atoms with Gasteiger partial charge in [0.25, 0.3) is 5.91 Å². The van der Waals surface area contributed by atoms with E-state index in [4.69, 9.17) is 32.9 Å². The molecule has 0 spiro atoms. The second kappa shape index (κ2) is 11.5. The van der Waals surface area contributed by atoms with Crippen LogP contribution in [0.25, 0.3) is 10.2 Å². The molecule has 1 aliphatic rings. The number of fused-ring (bicyclic) bond motifs is 1. The fraction of sp³-hybridized carbons (Fsp3) is 0.364. The number of carbonyl (C=O) groups is 1. The van der Waals surface area contributed by atoms with Crippen LogP contribution in [-0.2, 0) is 4.74 Å². The van der Waals surface area contributed by atoms with Crippen LogP contribution >= 0.6 is 62.9 Å². The largest absolute Gasteiger partial charge is 0.379 e. The summed E-state index contributed by atoms with van der Waals surface area (Å²) in [6.45, 7) is 6.75. The minimum absolute atomic E-state index is 0. The van der Waals surface area contributed by atoms with Gasteiger partial charge in [0.15, 0.2) is 5.13 Å². The maximum absolute atomic E-state index is 13.6. The molecule has 0 bridgehead atoms. The van der Waals surface area contributed by atoms with Crippen molar-refractivity contribution in [2.45, 2.75) is 13.3 Å². The molecule has 32 heavy (non-hydrogen) atoms. The van der Waals surface area contributed by atoms with Crippen LogP contribution in [0.1, 0.15) is 22.3 Å². The van der Waals surface area contributed by atoms with Gasteiger partial charge in [-0.1, -0.05) is 50.5 Å². The van der Waals surface area contributed by atoms with Crippen LogP contribution in [0.5, 0.6) is 0 Å². The highest BCUT2D eigenvalue weighted by molar-refractivity contribution is 9.10. The van der Waals surface area contributed by atoms with E-state index in [0.29, 0.717) is 27.3 Å². The normalized spacial score (nSPS) is 14.4. The summed E-state index contributed by atoms with van der Waals surface area (Å²) < 4.78 is 7.24. The fourth-order valence-corrected chi connectivity index (χ4v) is 5.33. The van der Waals surface area contributed by atoms with Crippen molar-refractivity contribution in [2.75, 3.05) is 44.3 Å². The zero-order valence-corrected chi connectivity index (χ0v) is 22.2. The molecule has 10 heteroatoms. The molecule has 4 rings (SSSR count). The Labute approximate surface area is 216 Å². The van der Waals surface area contributed by atoms with Gasteiger partial charge in [-0.05, 0) is 49.2 Å². The summed E-state index contributed by atoms with van der Waals surface area (Å²) in [7, 11) is 0. The molecule has 0 aliphatic carbocycles. The summed E-state index contributed by atoms with van der Waals surface area (Å²) in [5.74, 6) is -0.156. The average molecular weight is 580 g/mol. The molecular formula is C22H23BrCl3N3O2S. The number of aromatic nitrogens is 1. The number of aryl methyl sites for hydroxylation is 1. The number of halogens is 4. The van der Waals surface area contributed by atoms with Crippen molar-refractivity contribution < 1.29 is 9.53 Å². The minimum Gasteiger partial charge on any atom is -0.379 e. The molecule has 2 aromatic carbocycles. The van der Waals surface area contributed by atoms with E-state index in [9.17, 15) is 4.79 Å². The third-order valence-corrected chi connectivity index (χ3v) is 7.61. The van der Waals surface area contributed by atoms with E-state index >= 15 is 0 Å². The Morgan fingerprint density at radius 1 is 1.22 bits per heavy atom. The van der Waals surface area contributed by atoms with Crippen LogP contribution in [0, 0.1) is 6.92 Å². The maximum Gasteiger partial charge on any atom is 0.261 e. The monoisotopic (exact) mass is 577 g/mol. The number of rotatable bonds is 6. The Morgan fingerprint density at radius 3 is 2.69 bits per heavy atom. The first-order chi connectivity index (χ1) is 14.9. The van der Waals surface area contributed by atoms with E-state index in [-0.39, 0.29) is 18.3 Å². The molecule has 0 N–H and O–H groups in total. The first-order valence-corrected chi connectivity index (χ1v) is 12.4. The Kier molecular flexibility index (Phi) is 9.21. The summed E-state index contributed by atoms with van der Waals surface area (Å²) in [6, 6.07) is 9.14. The standard InChI is InChI=1S/C22H22BrCl2N3O2S.ClH/c1-14-17(24)5-6-19-20(14)26-22(31-19)28(8-2-7-27-9-11-30-12-10-27)21(29)16-13-15(23)3-4-18(16)25;/h3-6,13H,2,7-12H2,1H3;1H. The van der Waals surface area contributed by atoms with Gasteiger partial charge in [-0.15, -0.1) is 12.4 Å². The van der Waals surface area contributed by atoms with Gasteiger partial charge in [0, 0.05) is 35.7 Å². The van der Waals surface area contributed by atoms with Crippen molar-refractivity contribution in [3.63, 3.8) is 0 Å². The number of hydrogen-bond donors (Lipinski definition) is 0. The number of ether oxygens (including phenoxy) is 1. The van der Waals surface area contributed by atoms with Crippen LogP contribution in [-0.4, -0.2) is 55.2 Å². The van der Waals surface area contributed by atoms with Gasteiger partial charge in [-0.3, -0.25) is 14.6 Å². The van der Waals surface area contributed by atoms with Gasteiger partial charge in [0.2, 0.25) is 0 Å². The minimum atomic E-state index is -0.156. The van der Waals surface area contributed by atoms with Crippen molar-refractivity contribution >= 4 is 84.1 Å². The summed E-state index contributed by atoms with van der Waals surface area (Å²) in [6.07, 6.45) is 0.826. The Morgan fingerprint density at radius 2 is 1.94 bits per heavy atom. The Hall–Kier alpha value is -0.930. The second-order valence-corrected chi connectivity index (χ2v) is 10.1. The van der Waals surface area contributed by atoms with Gasteiger partial charge in [0.1, 0.15) is 0 Å². The van der Waals surface area contributed by atoms with E-state index in [0.717, 1.165) is 59.5 Å². The van der Waals surface area contributed by atoms with E-state index in [1.165, 1.54) is 11.3 Å². The van der Waals surface area contributed by atoms with Crippen LogP contribution in [0.3, 0.4) is 0 Å². The average Bonchev–Trinajstić information content (AvgIpc) is 3.20. The third kappa shape index (κ3) is 5.76. The molecule has 3 aromatic rings. The molecule has 0 radical (unpaired) electrons. The molecule has 0 atom stereocenters. The van der Waals surface area contributed by atoms with Crippen LogP contribution in [0.4, 0.5) is 5.13 Å². The van der Waals surface area contributed by atoms with Crippen LogP contribution in [0.15, 0.2) is 34.8 Å². The summed E-state index contributed by atoms with van der Waals surface area (Å²) >= 11 is 17.6. The first kappa shape index (κ1) is 25.7. The van der Waals surface area contributed by atoms with E-state index in [2.05, 4.69) is 20.8 Å². The highest BCUT2D eigenvalue weighted by Gasteiger charge is 2.24. The van der Waals surface area contributed by atoms with Gasteiger partial charge in [-0.2, -0.15) is 0 Å². The highest BCUT2D eigenvalue weighted by Crippen LogP contribution is 2.35. The highest BCUT2D eigenvalue weighted by atomic mass is 79.9. The van der Waals surface area contributed by atoms with Crippen LogP contribution in [0.2, 0.25) is 10.0 Å². The predicted octanol–water partition coefficient (Wildman–Crippen LogP) is 6.46. The van der Waals surface area contributed by atoms with Gasteiger partial charge >= 0.3 is 0 Å². The molecule has 0 unspecified atom stereocenters. The molecule has 1 aliphatic heterocycles. The zero-order valence-electron chi connectivity index (χ0n) is 17.4. The van der Waals surface area contributed by atoms with Crippen molar-refractivity contribution in [3.05, 3.63) is 56.0 Å². The number of carbonyl (C=O) groups excluding carboxylic acids is 1. The lowest BCUT2D eigenvalue weighted by molar-refractivity contribution is 0.0376. The molecule has 1 amide bonds. The molecule has 1 fully saturated rings. The van der Waals surface area contributed by atoms with Crippen molar-refractivity contribution in [1.29, 1.82) is 0 Å². The fourth-order valence-electron chi connectivity index (χ4n) is 3.57. The zero-order chi connectivity index (χ0) is 22.0. The molecule has 2 heterocycles. The molecule has 1 saturated heterocycles. The quantitative estimate of drug-likeness (QED) is 0.336. The van der Waals surface area contributed by atoms with Gasteiger partial charge < -0.3 is 4.74 Å². The third-order valence-electron chi connectivity index (χ3n) is 5.33. The summed E-state index contributed by atoms with van der Waals surface area (Å²) in [5, 5.41) is 1.75. The smallest absolute Gasteiger partial charge is 0.261 e. The van der Waals surface area contributed by atoms with E-state index < -0.39 is 0 Å². The number of benzene rings is 2. The molecular weight excluding hydrogens is 557 g/mol. The lowest BCUT2D eigenvalue weighted by Crippen LogP contribution is -2.39. The lowest BCUT2D eigenvalue weighted by Gasteiger charge is -2.28. The topological polar surface area (TPSA) is 45.7 Å². The maximum atomic E-state index is 13.6. The summed E-state index contributed by atoms with van der Waals surface area (Å²) in [4.78, 5) is 22.4. The predicted molar refractivity (Wildman–Crippen MR) is 139 cm³/mol. The van der Waals surface area contributed by atoms with E-state index in [1.54, 1.807) is 17.0 Å². The molecule has 172 valence electrons. The van der Waals surface area contributed by atoms with E-state index in [1.807, 2.05) is 25.1 Å². The number of amides is 1. The van der Waals surface area contributed by atoms with Crippen molar-refractivity contribution in [1.82, 2.24) is 9.88 Å². The Bertz CT molecular complexity index is 1110. The van der Waals surface area contributed by atoms with Gasteiger partial charge in [0.05, 0.1) is 34.0 Å². The number of nitrogens with zero attached hydrogens (tertiary/aromatic N) is 3. The molecule has 5 nitrogen and oxygen atoms in total. The second-order valence-electron chi connectivity index (χ2n) is 7.40. The Balaban J connectivity index is 0.00000289. The summed E-state index contributed by atoms with van der Waals surface area (Å²) in [5.41, 5.74) is 2.21.